The average Bonchev–Trinajstić information content (AvgIpc) is 3.99. The molecule has 4 amide bonds. The van der Waals surface area contributed by atoms with Crippen molar-refractivity contribution in [3.8, 4) is 29.1 Å². The van der Waals surface area contributed by atoms with E-state index in [4.69, 9.17) is 14.2 Å². The summed E-state index contributed by atoms with van der Waals surface area (Å²) in [7, 11) is 0. The summed E-state index contributed by atoms with van der Waals surface area (Å²) in [6, 6.07) is 10.4. The number of likely N-dealkylation sites (tertiary alicyclic amines) is 2. The highest BCUT2D eigenvalue weighted by Gasteiger charge is 2.50. The van der Waals surface area contributed by atoms with E-state index in [1.807, 2.05) is 0 Å². The SMILES string of the molecule is C1CCOC1.CC(C)(C)OC(=O)N1CCC(C#N)(NC(=O)c2cccc3c2OC(F)(F)O3)CC1.CC(C)(C)OC(=O)N1CCC2(CC1)N=C(c1cccc3c1OC(F)(F)O3)NC2=O. The first-order chi connectivity index (χ1) is 29.4. The lowest BCUT2D eigenvalue weighted by Gasteiger charge is -2.38. The van der Waals surface area contributed by atoms with Gasteiger partial charge >= 0.3 is 24.8 Å². The molecule has 2 aromatic carbocycles. The minimum Gasteiger partial charge on any atom is -0.444 e. The largest absolute Gasteiger partial charge is 0.586 e. The molecule has 6 heterocycles. The maximum atomic E-state index is 13.4. The fourth-order valence-electron chi connectivity index (χ4n) is 7.13. The number of amides is 4. The van der Waals surface area contributed by atoms with Gasteiger partial charge in [0.2, 0.25) is 0 Å². The highest BCUT2D eigenvalue weighted by Crippen LogP contribution is 2.45. The molecule has 6 aliphatic rings. The number of nitrogens with one attached hydrogen (secondary N) is 2. The van der Waals surface area contributed by atoms with Crippen molar-refractivity contribution in [3.05, 3.63) is 47.5 Å². The van der Waals surface area contributed by atoms with Gasteiger partial charge in [-0.25, -0.2) is 9.59 Å². The lowest BCUT2D eigenvalue weighted by atomic mass is 9.88. The van der Waals surface area contributed by atoms with E-state index in [0.29, 0.717) is 25.9 Å². The minimum atomic E-state index is -3.86. The second kappa shape index (κ2) is 17.6. The monoisotopic (exact) mass is 890 g/mol. The lowest BCUT2D eigenvalue weighted by molar-refractivity contribution is -0.287. The number of piperidine rings is 2. The molecular weight excluding hydrogens is 840 g/mol. The van der Waals surface area contributed by atoms with Gasteiger partial charge in [0.05, 0.1) is 17.2 Å². The van der Waals surface area contributed by atoms with Crippen molar-refractivity contribution in [2.24, 2.45) is 4.99 Å². The Bertz CT molecular complexity index is 2140. The van der Waals surface area contributed by atoms with Crippen molar-refractivity contribution in [3.63, 3.8) is 0 Å². The molecule has 0 saturated carbocycles. The third-order valence-electron chi connectivity index (χ3n) is 10.2. The van der Waals surface area contributed by atoms with Crippen molar-refractivity contribution in [1.29, 1.82) is 5.26 Å². The zero-order chi connectivity index (χ0) is 46.0. The molecule has 63 heavy (non-hydrogen) atoms. The van der Waals surface area contributed by atoms with E-state index in [9.17, 15) is 42.0 Å². The number of para-hydroxylation sites is 2. The maximum absolute atomic E-state index is 13.4. The van der Waals surface area contributed by atoms with Crippen LogP contribution in [0.1, 0.15) is 96.0 Å². The van der Waals surface area contributed by atoms with Crippen LogP contribution in [0.15, 0.2) is 41.4 Å². The van der Waals surface area contributed by atoms with E-state index < -0.39 is 53.0 Å². The van der Waals surface area contributed by atoms with E-state index in [-0.39, 0.29) is 71.8 Å². The third-order valence-corrected chi connectivity index (χ3v) is 10.2. The van der Waals surface area contributed by atoms with E-state index in [0.717, 1.165) is 13.2 Å². The summed E-state index contributed by atoms with van der Waals surface area (Å²) >= 11 is 0. The summed E-state index contributed by atoms with van der Waals surface area (Å²) in [6.45, 7) is 13.6. The van der Waals surface area contributed by atoms with Crippen LogP contribution in [0.2, 0.25) is 0 Å². The molecule has 342 valence electrons. The predicted octanol–water partition coefficient (Wildman–Crippen LogP) is 6.48. The average molecular weight is 891 g/mol. The molecule has 17 nitrogen and oxygen atoms in total. The third kappa shape index (κ3) is 11.3. The van der Waals surface area contributed by atoms with Crippen LogP contribution in [0.4, 0.5) is 27.2 Å². The molecule has 0 unspecified atom stereocenters. The first kappa shape index (κ1) is 46.5. The molecule has 1 spiro atoms. The predicted molar refractivity (Wildman–Crippen MR) is 213 cm³/mol. The topological polar surface area (TPSA) is 200 Å². The Hall–Kier alpha value is -6.04. The number of aliphatic imine (C=N–C) groups is 1. The molecule has 6 aliphatic heterocycles. The van der Waals surface area contributed by atoms with Gasteiger partial charge in [0.1, 0.15) is 28.1 Å². The lowest BCUT2D eigenvalue weighted by Crippen LogP contribution is -2.55. The number of amidine groups is 1. The summed E-state index contributed by atoms with van der Waals surface area (Å²) in [5.74, 6) is -1.85. The molecule has 2 N–H and O–H groups in total. The Labute approximate surface area is 360 Å². The first-order valence-electron chi connectivity index (χ1n) is 20.4. The van der Waals surface area contributed by atoms with Gasteiger partial charge in [-0.2, -0.15) is 5.26 Å². The van der Waals surface area contributed by atoms with Gasteiger partial charge in [-0.05, 0) is 91.5 Å². The van der Waals surface area contributed by atoms with Crippen LogP contribution in [0.25, 0.3) is 0 Å². The molecule has 0 aromatic heterocycles. The molecular formula is C42H50F4N6O11. The number of alkyl halides is 4. The number of nitriles is 1. The van der Waals surface area contributed by atoms with E-state index in [1.54, 1.807) is 41.5 Å². The molecule has 3 saturated heterocycles. The number of benzene rings is 2. The summed E-state index contributed by atoms with van der Waals surface area (Å²) < 4.78 is 87.0. The van der Waals surface area contributed by atoms with Gasteiger partial charge < -0.3 is 53.6 Å². The van der Waals surface area contributed by atoms with E-state index in [1.165, 1.54) is 59.0 Å². The quantitative estimate of drug-likeness (QED) is 0.319. The molecule has 8 rings (SSSR count). The number of fused-ring (bicyclic) bond motifs is 2. The second-order valence-electron chi connectivity index (χ2n) is 17.4. The van der Waals surface area contributed by atoms with Gasteiger partial charge in [0, 0.05) is 52.2 Å². The number of carbonyl (C=O) groups is 4. The van der Waals surface area contributed by atoms with Gasteiger partial charge in [-0.15, -0.1) is 17.6 Å². The smallest absolute Gasteiger partial charge is 0.444 e. The number of rotatable bonds is 3. The standard InChI is InChI=1S/2C19H21F2N3O5.C4H8O/c1-17(2,3)29-16(26)24-9-7-18(8-10-24)15(25)22-14(23-18)11-5-4-6-12-13(11)28-19(20,21)27-12;1-17(2,3)29-16(26)24-9-7-18(11-22,8-10-24)23-15(25)12-5-4-6-13-14(12)28-19(20,21)27-13;1-2-4-5-3-1/h4-6H,7-10H2,1-3H3,(H,22,23,25);4-6H,7-10H2,1-3H3,(H,23,25);1-4H2. The van der Waals surface area contributed by atoms with Crippen LogP contribution in [-0.4, -0.2) is 114 Å². The fourth-order valence-corrected chi connectivity index (χ4v) is 7.13. The maximum Gasteiger partial charge on any atom is 0.586 e. The van der Waals surface area contributed by atoms with E-state index >= 15 is 0 Å². The molecule has 21 heteroatoms. The highest BCUT2D eigenvalue weighted by molar-refractivity contribution is 6.16. The summed E-state index contributed by atoms with van der Waals surface area (Å²) in [4.78, 5) is 57.3. The van der Waals surface area contributed by atoms with Gasteiger partial charge in [-0.3, -0.25) is 14.6 Å². The van der Waals surface area contributed by atoms with Crippen LogP contribution < -0.4 is 29.6 Å². The van der Waals surface area contributed by atoms with Crippen molar-refractivity contribution in [2.75, 3.05) is 39.4 Å². The zero-order valence-corrected chi connectivity index (χ0v) is 35.7. The Kier molecular flexibility index (Phi) is 13.0. The van der Waals surface area contributed by atoms with Gasteiger partial charge in [0.15, 0.2) is 23.0 Å². The van der Waals surface area contributed by atoms with Crippen LogP contribution in [0, 0.1) is 11.3 Å². The van der Waals surface area contributed by atoms with Crippen molar-refractivity contribution in [1.82, 2.24) is 20.4 Å². The van der Waals surface area contributed by atoms with E-state index in [2.05, 4.69) is 40.6 Å². The molecule has 2 aromatic rings. The zero-order valence-electron chi connectivity index (χ0n) is 35.7. The number of hydrogen-bond donors (Lipinski definition) is 2. The van der Waals surface area contributed by atoms with Crippen LogP contribution in [0.3, 0.4) is 0 Å². The Morgan fingerprint density at radius 1 is 0.762 bits per heavy atom. The van der Waals surface area contributed by atoms with Crippen LogP contribution in [0.5, 0.6) is 23.0 Å². The number of halogens is 4. The molecule has 0 radical (unpaired) electrons. The summed E-state index contributed by atoms with van der Waals surface area (Å²) in [5, 5.41) is 14.9. The van der Waals surface area contributed by atoms with Gasteiger partial charge in [0.25, 0.3) is 11.8 Å². The number of hydrogen-bond acceptors (Lipinski definition) is 13. The molecule has 3 fully saturated rings. The highest BCUT2D eigenvalue weighted by atomic mass is 19.3. The first-order valence-corrected chi connectivity index (χ1v) is 20.4. The Morgan fingerprint density at radius 2 is 1.25 bits per heavy atom. The van der Waals surface area contributed by atoms with Crippen LogP contribution >= 0.6 is 0 Å². The normalized spacial score (nSPS) is 20.8. The van der Waals surface area contributed by atoms with Crippen molar-refractivity contribution in [2.45, 2.75) is 115 Å². The van der Waals surface area contributed by atoms with Gasteiger partial charge in [-0.1, -0.05) is 12.1 Å². The number of nitrogens with zero attached hydrogens (tertiary/aromatic N) is 4. The Balaban J connectivity index is 0.000000188. The summed E-state index contributed by atoms with van der Waals surface area (Å²) in [6.07, 6.45) is -5.09. The number of ether oxygens (including phenoxy) is 7. The summed E-state index contributed by atoms with van der Waals surface area (Å²) in [5.41, 5.74) is -3.51. The number of carbonyl (C=O) groups excluding carboxylic acids is 4. The molecule has 0 aliphatic carbocycles. The van der Waals surface area contributed by atoms with Crippen LogP contribution in [-0.2, 0) is 19.0 Å². The van der Waals surface area contributed by atoms with Crippen molar-refractivity contribution >= 4 is 29.8 Å². The molecule has 0 bridgehead atoms. The fraction of sp³-hybridized carbons (Fsp3) is 0.571. The minimum absolute atomic E-state index is 0.120. The Morgan fingerprint density at radius 3 is 1.75 bits per heavy atom. The molecule has 0 atom stereocenters. The second-order valence-corrected chi connectivity index (χ2v) is 17.4. The van der Waals surface area contributed by atoms with Crippen molar-refractivity contribution < 1.29 is 69.9 Å².